The summed E-state index contributed by atoms with van der Waals surface area (Å²) in [5, 5.41) is 0.543. The Morgan fingerprint density at radius 1 is 0.906 bits per heavy atom. The summed E-state index contributed by atoms with van der Waals surface area (Å²) in [6.07, 6.45) is 0. The maximum atomic E-state index is 13.7. The molecule has 4 nitrogen and oxygen atoms in total. The smallest absolute Gasteiger partial charge is 0.291 e. The third kappa shape index (κ3) is 3.37. The highest BCUT2D eigenvalue weighted by atomic mass is 79.9. The van der Waals surface area contributed by atoms with Crippen LogP contribution in [-0.4, -0.2) is 10.8 Å². The van der Waals surface area contributed by atoms with Gasteiger partial charge in [-0.3, -0.25) is 9.59 Å². The largest absolute Gasteiger partial charge is 0.450 e. The van der Waals surface area contributed by atoms with Gasteiger partial charge >= 0.3 is 0 Å². The summed E-state index contributed by atoms with van der Waals surface area (Å²) in [6.45, 7) is 6.28. The fourth-order valence-electron chi connectivity index (χ4n) is 4.56. The molecule has 4 aromatic rings. The predicted molar refractivity (Wildman–Crippen MR) is 129 cm³/mol. The zero-order valence-corrected chi connectivity index (χ0v) is 19.7. The van der Waals surface area contributed by atoms with E-state index in [1.165, 1.54) is 0 Å². The lowest BCUT2D eigenvalue weighted by molar-refractivity contribution is 0.0714. The van der Waals surface area contributed by atoms with Crippen molar-refractivity contribution in [2.24, 2.45) is 0 Å². The van der Waals surface area contributed by atoms with E-state index in [0.29, 0.717) is 23.1 Å². The molecule has 1 aliphatic rings. The number of carbonyl (C=O) groups excluding carboxylic acids is 1. The first-order valence-electron chi connectivity index (χ1n) is 10.5. The van der Waals surface area contributed by atoms with Crippen LogP contribution in [0.5, 0.6) is 0 Å². The van der Waals surface area contributed by atoms with E-state index in [1.807, 2.05) is 81.4 Å². The summed E-state index contributed by atoms with van der Waals surface area (Å²) in [7, 11) is 0. The maximum Gasteiger partial charge on any atom is 0.291 e. The molecule has 1 aliphatic heterocycles. The van der Waals surface area contributed by atoms with Crippen molar-refractivity contribution >= 4 is 32.8 Å². The van der Waals surface area contributed by atoms with Gasteiger partial charge in [-0.1, -0.05) is 64.0 Å². The molecule has 0 bridgehead atoms. The molecule has 32 heavy (non-hydrogen) atoms. The first-order valence-corrected chi connectivity index (χ1v) is 11.3. The van der Waals surface area contributed by atoms with Gasteiger partial charge < -0.3 is 9.32 Å². The van der Waals surface area contributed by atoms with E-state index in [1.54, 1.807) is 4.90 Å². The quantitative estimate of drug-likeness (QED) is 0.344. The van der Waals surface area contributed by atoms with Gasteiger partial charge in [-0.25, -0.2) is 0 Å². The van der Waals surface area contributed by atoms with Gasteiger partial charge in [-0.2, -0.15) is 0 Å². The number of hydrogen-bond donors (Lipinski definition) is 0. The molecule has 1 aromatic heterocycles. The van der Waals surface area contributed by atoms with Crippen LogP contribution in [0, 0.1) is 20.8 Å². The number of fused-ring (bicyclic) bond motifs is 2. The van der Waals surface area contributed by atoms with E-state index in [-0.39, 0.29) is 17.1 Å². The van der Waals surface area contributed by atoms with Gasteiger partial charge in [-0.05, 0) is 61.2 Å². The second-order valence-corrected chi connectivity index (χ2v) is 9.42. The Labute approximate surface area is 194 Å². The Bertz CT molecular complexity index is 1420. The number of carbonyl (C=O) groups is 1. The predicted octanol–water partition coefficient (Wildman–Crippen LogP) is 6.23. The summed E-state index contributed by atoms with van der Waals surface area (Å²) in [6, 6.07) is 19.1. The van der Waals surface area contributed by atoms with Crippen molar-refractivity contribution in [2.75, 3.05) is 0 Å². The Morgan fingerprint density at radius 2 is 1.59 bits per heavy atom. The second-order valence-electron chi connectivity index (χ2n) is 8.50. The summed E-state index contributed by atoms with van der Waals surface area (Å²) < 4.78 is 7.06. The normalized spacial score (nSPS) is 15.4. The van der Waals surface area contributed by atoms with E-state index in [9.17, 15) is 9.59 Å². The molecule has 2 heterocycles. The lowest BCUT2D eigenvalue weighted by Gasteiger charge is -2.25. The fourth-order valence-corrected chi connectivity index (χ4v) is 4.82. The minimum Gasteiger partial charge on any atom is -0.450 e. The third-order valence-electron chi connectivity index (χ3n) is 6.07. The van der Waals surface area contributed by atoms with Gasteiger partial charge in [0, 0.05) is 11.0 Å². The van der Waals surface area contributed by atoms with Gasteiger partial charge in [0.25, 0.3) is 5.91 Å². The van der Waals surface area contributed by atoms with Gasteiger partial charge in [0.1, 0.15) is 5.58 Å². The van der Waals surface area contributed by atoms with Crippen LogP contribution in [0.4, 0.5) is 0 Å². The van der Waals surface area contributed by atoms with Gasteiger partial charge in [0.05, 0.1) is 17.0 Å². The first kappa shape index (κ1) is 20.7. The molecule has 1 unspecified atom stereocenters. The molecular weight excluding hydrogens is 466 g/mol. The van der Waals surface area contributed by atoms with Crippen molar-refractivity contribution in [3.63, 3.8) is 0 Å². The first-order chi connectivity index (χ1) is 15.3. The van der Waals surface area contributed by atoms with Crippen LogP contribution in [0.3, 0.4) is 0 Å². The van der Waals surface area contributed by atoms with Crippen molar-refractivity contribution < 1.29 is 9.21 Å². The molecule has 0 fully saturated rings. The molecule has 0 N–H and O–H groups in total. The lowest BCUT2D eigenvalue weighted by atomic mass is 9.96. The molecule has 160 valence electrons. The average molecular weight is 488 g/mol. The molecule has 0 radical (unpaired) electrons. The highest BCUT2D eigenvalue weighted by Gasteiger charge is 2.42. The molecule has 0 aliphatic carbocycles. The Balaban J connectivity index is 1.74. The standard InChI is InChI=1S/C27H22BrNO3/c1-15-4-6-18(7-5-15)14-29-24(19-8-10-20(28)11-9-19)23-25(30)22-17(3)12-16(2)13-21(22)32-26(23)27(29)31/h4-13,24H,14H2,1-3H3. The lowest BCUT2D eigenvalue weighted by Crippen LogP contribution is -2.29. The topological polar surface area (TPSA) is 50.5 Å². The van der Waals surface area contributed by atoms with Crippen molar-refractivity contribution in [1.82, 2.24) is 4.90 Å². The molecule has 0 spiro atoms. The Kier molecular flexibility index (Phi) is 5.01. The second kappa shape index (κ2) is 7.75. The van der Waals surface area contributed by atoms with E-state index in [0.717, 1.165) is 32.3 Å². The Morgan fingerprint density at radius 3 is 2.28 bits per heavy atom. The minimum atomic E-state index is -0.506. The van der Waals surface area contributed by atoms with E-state index in [2.05, 4.69) is 15.9 Å². The van der Waals surface area contributed by atoms with Gasteiger partial charge in [0.15, 0.2) is 5.43 Å². The average Bonchev–Trinajstić information content (AvgIpc) is 3.02. The highest BCUT2D eigenvalue weighted by Crippen LogP contribution is 2.39. The summed E-state index contributed by atoms with van der Waals surface area (Å²) in [5.41, 5.74) is 5.64. The number of aryl methyl sites for hydroxylation is 3. The van der Waals surface area contributed by atoms with E-state index >= 15 is 0 Å². The SMILES string of the molecule is Cc1ccc(CN2C(=O)c3oc4cc(C)cc(C)c4c(=O)c3C2c2ccc(Br)cc2)cc1. The highest BCUT2D eigenvalue weighted by molar-refractivity contribution is 9.10. The summed E-state index contributed by atoms with van der Waals surface area (Å²) in [5.74, 6) is -0.112. The minimum absolute atomic E-state index is 0.133. The van der Waals surface area contributed by atoms with Crippen LogP contribution in [0.15, 0.2) is 74.3 Å². The zero-order chi connectivity index (χ0) is 22.6. The number of nitrogens with zero attached hydrogens (tertiary/aromatic N) is 1. The monoisotopic (exact) mass is 487 g/mol. The number of rotatable bonds is 3. The number of halogens is 1. The summed E-state index contributed by atoms with van der Waals surface area (Å²) >= 11 is 3.48. The molecule has 1 atom stereocenters. The van der Waals surface area contributed by atoms with Gasteiger partial charge in [0.2, 0.25) is 5.76 Å². The van der Waals surface area contributed by atoms with Crippen molar-refractivity contribution in [3.05, 3.63) is 115 Å². The molecule has 5 rings (SSSR count). The Hall–Kier alpha value is -3.18. The van der Waals surface area contributed by atoms with Crippen LogP contribution in [0.2, 0.25) is 0 Å². The molecule has 3 aromatic carbocycles. The maximum absolute atomic E-state index is 13.7. The molecular formula is C27H22BrNO3. The third-order valence-corrected chi connectivity index (χ3v) is 6.60. The van der Waals surface area contributed by atoms with Gasteiger partial charge in [-0.15, -0.1) is 0 Å². The number of hydrogen-bond acceptors (Lipinski definition) is 3. The van der Waals surface area contributed by atoms with E-state index in [4.69, 9.17) is 4.42 Å². The number of amides is 1. The van der Waals surface area contributed by atoms with Crippen LogP contribution >= 0.6 is 15.9 Å². The fraction of sp³-hybridized carbons (Fsp3) is 0.185. The van der Waals surface area contributed by atoms with Crippen molar-refractivity contribution in [2.45, 2.75) is 33.4 Å². The molecule has 1 amide bonds. The zero-order valence-electron chi connectivity index (χ0n) is 18.1. The van der Waals surface area contributed by atoms with Crippen LogP contribution in [0.25, 0.3) is 11.0 Å². The van der Waals surface area contributed by atoms with Crippen LogP contribution < -0.4 is 5.43 Å². The van der Waals surface area contributed by atoms with Crippen LogP contribution in [0.1, 0.15) is 50.0 Å². The summed E-state index contributed by atoms with van der Waals surface area (Å²) in [4.78, 5) is 29.1. The van der Waals surface area contributed by atoms with Crippen molar-refractivity contribution in [1.29, 1.82) is 0 Å². The molecule has 0 saturated carbocycles. The molecule has 0 saturated heterocycles. The van der Waals surface area contributed by atoms with E-state index < -0.39 is 6.04 Å². The van der Waals surface area contributed by atoms with Crippen LogP contribution in [-0.2, 0) is 6.54 Å². The number of benzene rings is 3. The molecule has 5 heteroatoms. The van der Waals surface area contributed by atoms with Crippen molar-refractivity contribution in [3.8, 4) is 0 Å².